The molecular formula is C43H42Cl2F4N6O5. The van der Waals surface area contributed by atoms with Crippen molar-refractivity contribution in [1.82, 2.24) is 19.9 Å². The molecule has 316 valence electrons. The van der Waals surface area contributed by atoms with Gasteiger partial charge in [0.1, 0.15) is 40.4 Å². The lowest BCUT2D eigenvalue weighted by Crippen LogP contribution is -2.65. The highest BCUT2D eigenvalue weighted by Gasteiger charge is 2.54. The van der Waals surface area contributed by atoms with Crippen molar-refractivity contribution in [2.75, 3.05) is 30.6 Å². The van der Waals surface area contributed by atoms with Crippen LogP contribution in [0.4, 0.5) is 34.0 Å². The summed E-state index contributed by atoms with van der Waals surface area (Å²) >= 11 is 13.6. The summed E-state index contributed by atoms with van der Waals surface area (Å²) in [7, 11) is 3.10. The average molecular weight is 870 g/mol. The van der Waals surface area contributed by atoms with Crippen molar-refractivity contribution in [1.29, 1.82) is 0 Å². The van der Waals surface area contributed by atoms with Crippen LogP contribution < -0.4 is 24.0 Å². The van der Waals surface area contributed by atoms with Crippen molar-refractivity contribution in [3.8, 4) is 28.5 Å². The molecular weight excluding hydrogens is 827 g/mol. The molecule has 0 spiro atoms. The van der Waals surface area contributed by atoms with Crippen molar-refractivity contribution >= 4 is 51.8 Å². The van der Waals surface area contributed by atoms with Crippen LogP contribution in [0, 0.1) is 5.82 Å². The number of ether oxygens (including phenoxy) is 4. The van der Waals surface area contributed by atoms with Crippen LogP contribution in [0.1, 0.15) is 57.2 Å². The molecule has 5 aromatic rings. The number of hydrogen-bond donors (Lipinski definition) is 0. The Morgan fingerprint density at radius 1 is 0.900 bits per heavy atom. The van der Waals surface area contributed by atoms with Gasteiger partial charge in [0, 0.05) is 19.6 Å². The quantitative estimate of drug-likeness (QED) is 0.111. The van der Waals surface area contributed by atoms with E-state index in [2.05, 4.69) is 15.0 Å². The lowest BCUT2D eigenvalue weighted by molar-refractivity contribution is -0.137. The highest BCUT2D eigenvalue weighted by Crippen LogP contribution is 2.52. The fourth-order valence-electron chi connectivity index (χ4n) is 8.55. The summed E-state index contributed by atoms with van der Waals surface area (Å²) in [5.41, 5.74) is -2.17. The number of pyridine rings is 1. The maximum atomic E-state index is 17.4. The van der Waals surface area contributed by atoms with E-state index in [0.717, 1.165) is 17.2 Å². The van der Waals surface area contributed by atoms with Crippen LogP contribution >= 0.6 is 23.2 Å². The Kier molecular flexibility index (Phi) is 10.8. The predicted molar refractivity (Wildman–Crippen MR) is 220 cm³/mol. The molecule has 0 aliphatic carbocycles. The van der Waals surface area contributed by atoms with Crippen molar-refractivity contribution in [3.63, 3.8) is 0 Å². The van der Waals surface area contributed by atoms with Crippen molar-refractivity contribution in [3.05, 3.63) is 93.5 Å². The number of nitrogens with zero attached hydrogens (tertiary/aromatic N) is 6. The number of fused-ring (bicyclic) bond motifs is 5. The monoisotopic (exact) mass is 868 g/mol. The summed E-state index contributed by atoms with van der Waals surface area (Å²) in [6.07, 6.45) is -4.91. The maximum absolute atomic E-state index is 17.4. The Balaban J connectivity index is 1.27. The molecule has 4 atom stereocenters. The number of halogens is 6. The van der Waals surface area contributed by atoms with E-state index in [1.807, 2.05) is 29.2 Å². The van der Waals surface area contributed by atoms with Crippen LogP contribution in [-0.4, -0.2) is 76.5 Å². The first kappa shape index (κ1) is 41.5. The van der Waals surface area contributed by atoms with E-state index in [9.17, 15) is 4.79 Å². The fraction of sp³-hybridized carbons (Fsp3) is 0.395. The molecule has 5 heterocycles. The number of aromatic nitrogens is 3. The second kappa shape index (κ2) is 15.6. The minimum Gasteiger partial charge on any atom is -0.497 e. The van der Waals surface area contributed by atoms with Crippen LogP contribution in [-0.2, 0) is 24.0 Å². The molecule has 2 saturated heterocycles. The third kappa shape index (κ3) is 7.66. The normalized spacial score (nSPS) is 19.7. The molecule has 17 heteroatoms. The van der Waals surface area contributed by atoms with E-state index >= 15 is 17.6 Å². The van der Waals surface area contributed by atoms with Gasteiger partial charge in [-0.25, -0.2) is 19.2 Å². The molecule has 3 aromatic carbocycles. The molecule has 2 bridgehead atoms. The van der Waals surface area contributed by atoms with E-state index in [4.69, 9.17) is 42.1 Å². The van der Waals surface area contributed by atoms with E-state index in [1.165, 1.54) is 6.07 Å². The largest absolute Gasteiger partial charge is 0.497 e. The van der Waals surface area contributed by atoms with E-state index < -0.39 is 63.7 Å². The van der Waals surface area contributed by atoms with Crippen LogP contribution in [0.3, 0.4) is 0 Å². The van der Waals surface area contributed by atoms with Crippen molar-refractivity contribution in [2.24, 2.45) is 0 Å². The first-order valence-corrected chi connectivity index (χ1v) is 20.1. The minimum atomic E-state index is -4.98. The van der Waals surface area contributed by atoms with Gasteiger partial charge in [-0.1, -0.05) is 35.9 Å². The summed E-state index contributed by atoms with van der Waals surface area (Å²) < 4.78 is 85.5. The molecule has 2 aromatic heterocycles. The SMILES string of the molecule is COc1ccc(CN(Cc2ccc(OC)cc2)c2ccc(C(F)(F)F)c(-c3c(Cl)c4c5c(nc(Cl)nc5c3F)N3C[C@H]5CC[C@@H]([C@H]3[C@H](C)O4)N5C(=O)OC(C)(C)C)n2)cc1. The van der Waals surface area contributed by atoms with Gasteiger partial charge in [-0.15, -0.1) is 0 Å². The Hall–Kier alpha value is -5.28. The number of hydrogen-bond acceptors (Lipinski definition) is 10. The fourth-order valence-corrected chi connectivity index (χ4v) is 9.03. The highest BCUT2D eigenvalue weighted by atomic mass is 35.5. The van der Waals surface area contributed by atoms with Gasteiger partial charge in [0.25, 0.3) is 0 Å². The number of piperazine rings is 1. The van der Waals surface area contributed by atoms with E-state index in [0.29, 0.717) is 24.3 Å². The zero-order chi connectivity index (χ0) is 42.8. The maximum Gasteiger partial charge on any atom is 0.418 e. The van der Waals surface area contributed by atoms with Crippen molar-refractivity contribution < 1.29 is 41.3 Å². The number of carbonyl (C=O) groups is 1. The molecule has 2 fully saturated rings. The second-order valence-corrected chi connectivity index (χ2v) is 16.9. The number of anilines is 2. The molecule has 1 amide bonds. The molecule has 0 N–H and O–H groups in total. The zero-order valence-electron chi connectivity index (χ0n) is 33.6. The average Bonchev–Trinajstić information content (AvgIpc) is 3.44. The number of benzene rings is 3. The molecule has 11 nitrogen and oxygen atoms in total. The highest BCUT2D eigenvalue weighted by molar-refractivity contribution is 6.37. The lowest BCUT2D eigenvalue weighted by Gasteiger charge is -2.48. The third-order valence-electron chi connectivity index (χ3n) is 11.1. The summed E-state index contributed by atoms with van der Waals surface area (Å²) in [5, 5.41) is -0.732. The Labute approximate surface area is 354 Å². The summed E-state index contributed by atoms with van der Waals surface area (Å²) in [4.78, 5) is 32.3. The summed E-state index contributed by atoms with van der Waals surface area (Å²) in [6.45, 7) is 7.83. The van der Waals surface area contributed by atoms with Gasteiger partial charge in [-0.2, -0.15) is 18.2 Å². The van der Waals surface area contributed by atoms with Gasteiger partial charge in [-0.3, -0.25) is 4.90 Å². The Bertz CT molecular complexity index is 2400. The molecule has 8 rings (SSSR count). The first-order chi connectivity index (χ1) is 28.4. The molecule has 60 heavy (non-hydrogen) atoms. The number of alkyl halides is 3. The van der Waals surface area contributed by atoms with Crippen LogP contribution in [0.15, 0.2) is 60.7 Å². The second-order valence-electron chi connectivity index (χ2n) is 16.1. The standard InChI is InChI=1S/C43H42Cl2F4N6O5/c1-22-37-29-17-11-25(55(29)41(56)60-42(2,3)4)21-54(37)39-32-36(51-40(45)52-39)34(46)31(33(44)38(32)59-22)35-28(43(47,48)49)16-18-30(50-35)53(19-23-7-12-26(57-5)13-8-23)20-24-9-14-27(58-6)15-10-24/h7-10,12-16,18,22,25,29,37H,11,17,19-21H2,1-6H3/t22-,25+,29-,37+/m0/s1. The number of amides is 1. The molecule has 3 aliphatic heterocycles. The first-order valence-electron chi connectivity index (χ1n) is 19.4. The molecule has 3 aliphatic rings. The summed E-state index contributed by atoms with van der Waals surface area (Å²) in [5.74, 6) is 0.266. The molecule has 0 saturated carbocycles. The van der Waals surface area contributed by atoms with Gasteiger partial charge in [0.2, 0.25) is 5.28 Å². The van der Waals surface area contributed by atoms with Crippen LogP contribution in [0.5, 0.6) is 17.2 Å². The molecule has 0 radical (unpaired) electrons. The lowest BCUT2D eigenvalue weighted by atomic mass is 9.98. The minimum absolute atomic E-state index is 0.0514. The van der Waals surface area contributed by atoms with Gasteiger partial charge >= 0.3 is 12.3 Å². The topological polar surface area (TPSA) is 102 Å². The van der Waals surface area contributed by atoms with Gasteiger partial charge in [-0.05, 0) is 99.7 Å². The van der Waals surface area contributed by atoms with Crippen molar-refractivity contribution in [2.45, 2.75) is 89.6 Å². The predicted octanol–water partition coefficient (Wildman–Crippen LogP) is 10.1. The van der Waals surface area contributed by atoms with Crippen LogP contribution in [0.25, 0.3) is 22.2 Å². The number of carbonyl (C=O) groups excluding carboxylic acids is 1. The van der Waals surface area contributed by atoms with Gasteiger partial charge < -0.3 is 28.7 Å². The zero-order valence-corrected chi connectivity index (χ0v) is 35.1. The van der Waals surface area contributed by atoms with E-state index in [1.54, 1.807) is 76.0 Å². The Morgan fingerprint density at radius 2 is 1.52 bits per heavy atom. The van der Waals surface area contributed by atoms with E-state index in [-0.39, 0.29) is 59.2 Å². The summed E-state index contributed by atoms with van der Waals surface area (Å²) in [6, 6.07) is 15.3. The number of rotatable bonds is 8. The number of methoxy groups -OCH3 is 2. The van der Waals surface area contributed by atoms with Crippen LogP contribution in [0.2, 0.25) is 10.3 Å². The third-order valence-corrected chi connectivity index (χ3v) is 11.6. The smallest absolute Gasteiger partial charge is 0.418 e. The van der Waals surface area contributed by atoms with Gasteiger partial charge in [0.05, 0.1) is 59.6 Å². The van der Waals surface area contributed by atoms with Gasteiger partial charge in [0.15, 0.2) is 11.6 Å². The molecule has 0 unspecified atom stereocenters. The Morgan fingerprint density at radius 3 is 2.08 bits per heavy atom.